The third kappa shape index (κ3) is 4.17. The summed E-state index contributed by atoms with van der Waals surface area (Å²) in [7, 11) is 0. The number of carbonyl (C=O) groups is 4. The van der Waals surface area contributed by atoms with Gasteiger partial charge < -0.3 is 19.5 Å². The highest BCUT2D eigenvalue weighted by Gasteiger charge is 2.37. The summed E-state index contributed by atoms with van der Waals surface area (Å²) in [5.74, 6) is -2.36. The van der Waals surface area contributed by atoms with Crippen molar-refractivity contribution in [2.24, 2.45) is 0 Å². The molecular formula is C16H20N2O7. The van der Waals surface area contributed by atoms with Crippen molar-refractivity contribution in [2.45, 2.75) is 20.3 Å². The normalized spacial score (nSPS) is 20.2. The highest BCUT2D eigenvalue weighted by Crippen LogP contribution is 2.29. The van der Waals surface area contributed by atoms with Crippen LogP contribution in [0.25, 0.3) is 0 Å². The van der Waals surface area contributed by atoms with Gasteiger partial charge in [0.1, 0.15) is 18.8 Å². The molecule has 0 aromatic rings. The summed E-state index contributed by atoms with van der Waals surface area (Å²) in [6, 6.07) is 0. The van der Waals surface area contributed by atoms with Crippen molar-refractivity contribution >= 4 is 23.8 Å². The maximum absolute atomic E-state index is 12.4. The number of nitrogens with zero attached hydrogens (tertiary/aromatic N) is 2. The predicted molar refractivity (Wildman–Crippen MR) is 83.9 cm³/mol. The van der Waals surface area contributed by atoms with E-state index >= 15 is 0 Å². The molecule has 1 fully saturated rings. The van der Waals surface area contributed by atoms with Gasteiger partial charge in [-0.3, -0.25) is 24.1 Å². The second-order valence-corrected chi connectivity index (χ2v) is 5.46. The van der Waals surface area contributed by atoms with Gasteiger partial charge in [-0.2, -0.15) is 0 Å². The predicted octanol–water partition coefficient (Wildman–Crippen LogP) is -0.117. The molecule has 0 saturated carbocycles. The van der Waals surface area contributed by atoms with Gasteiger partial charge in [-0.1, -0.05) is 0 Å². The lowest BCUT2D eigenvalue weighted by Gasteiger charge is -2.14. The fourth-order valence-electron chi connectivity index (χ4n) is 2.66. The van der Waals surface area contributed by atoms with Gasteiger partial charge in [-0.25, -0.2) is 0 Å². The number of esters is 2. The Morgan fingerprint density at radius 3 is 2.32 bits per heavy atom. The molecule has 9 heteroatoms. The summed E-state index contributed by atoms with van der Waals surface area (Å²) in [5, 5.41) is 10.0. The SMILES string of the molecule is CCOC(=O)CN1C=C(O)/C(=C2\CC(=O)N(CC(=O)OCC)C2)C1=O. The van der Waals surface area contributed by atoms with E-state index in [1.165, 1.54) is 4.90 Å². The molecule has 0 spiro atoms. The monoisotopic (exact) mass is 352 g/mol. The molecule has 0 radical (unpaired) electrons. The Bertz CT molecular complexity index is 665. The second kappa shape index (κ2) is 7.82. The largest absolute Gasteiger partial charge is 0.506 e. The molecule has 1 N–H and O–H groups in total. The fraction of sp³-hybridized carbons (Fsp3) is 0.500. The highest BCUT2D eigenvalue weighted by atomic mass is 16.5. The number of hydrogen-bond acceptors (Lipinski definition) is 7. The Hall–Kier alpha value is -2.84. The quantitative estimate of drug-likeness (QED) is 0.524. The molecule has 2 heterocycles. The Morgan fingerprint density at radius 1 is 1.12 bits per heavy atom. The van der Waals surface area contributed by atoms with E-state index in [0.29, 0.717) is 5.57 Å². The summed E-state index contributed by atoms with van der Waals surface area (Å²) in [6.45, 7) is 3.20. The smallest absolute Gasteiger partial charge is 0.326 e. The van der Waals surface area contributed by atoms with Gasteiger partial charge in [0.25, 0.3) is 5.91 Å². The van der Waals surface area contributed by atoms with Gasteiger partial charge in [0, 0.05) is 6.54 Å². The Balaban J connectivity index is 2.11. The molecule has 2 rings (SSSR count). The average Bonchev–Trinajstić information content (AvgIpc) is 3.00. The lowest BCUT2D eigenvalue weighted by atomic mass is 10.1. The Morgan fingerprint density at radius 2 is 1.72 bits per heavy atom. The van der Waals surface area contributed by atoms with E-state index in [4.69, 9.17) is 9.47 Å². The van der Waals surface area contributed by atoms with Crippen LogP contribution < -0.4 is 0 Å². The van der Waals surface area contributed by atoms with Crippen LogP contribution in [-0.2, 0) is 28.7 Å². The van der Waals surface area contributed by atoms with E-state index in [1.54, 1.807) is 13.8 Å². The van der Waals surface area contributed by atoms with Crippen LogP contribution in [0.15, 0.2) is 23.1 Å². The molecule has 0 aliphatic carbocycles. The number of likely N-dealkylation sites (tertiary alicyclic amines) is 1. The average molecular weight is 352 g/mol. The van der Waals surface area contributed by atoms with Gasteiger partial charge in [0.2, 0.25) is 5.91 Å². The van der Waals surface area contributed by atoms with Crippen molar-refractivity contribution < 1.29 is 33.8 Å². The molecular weight excluding hydrogens is 332 g/mol. The molecule has 0 bridgehead atoms. The maximum atomic E-state index is 12.4. The van der Waals surface area contributed by atoms with Gasteiger partial charge in [-0.05, 0) is 19.4 Å². The third-order valence-corrected chi connectivity index (χ3v) is 3.69. The number of aliphatic hydroxyl groups is 1. The van der Waals surface area contributed by atoms with Crippen LogP contribution in [0.5, 0.6) is 0 Å². The first-order valence-electron chi connectivity index (χ1n) is 7.90. The van der Waals surface area contributed by atoms with Crippen molar-refractivity contribution in [3.05, 3.63) is 23.1 Å². The molecule has 0 aromatic heterocycles. The zero-order chi connectivity index (χ0) is 18.6. The molecule has 1 saturated heterocycles. The number of hydrogen-bond donors (Lipinski definition) is 1. The van der Waals surface area contributed by atoms with Gasteiger partial charge >= 0.3 is 11.9 Å². The molecule has 2 aliphatic rings. The minimum atomic E-state index is -0.599. The second-order valence-electron chi connectivity index (χ2n) is 5.46. The summed E-state index contributed by atoms with van der Waals surface area (Å²) >= 11 is 0. The summed E-state index contributed by atoms with van der Waals surface area (Å²) in [4.78, 5) is 49.8. The van der Waals surface area contributed by atoms with E-state index in [2.05, 4.69) is 0 Å². The van der Waals surface area contributed by atoms with Crippen LogP contribution in [0.2, 0.25) is 0 Å². The number of ether oxygens (including phenoxy) is 2. The first-order valence-corrected chi connectivity index (χ1v) is 7.90. The number of aliphatic hydroxyl groups excluding tert-OH is 1. The van der Waals surface area contributed by atoms with Gasteiger partial charge in [0.05, 0.1) is 31.4 Å². The number of rotatable bonds is 6. The van der Waals surface area contributed by atoms with E-state index in [-0.39, 0.29) is 56.5 Å². The Kier molecular flexibility index (Phi) is 5.79. The topological polar surface area (TPSA) is 113 Å². The maximum Gasteiger partial charge on any atom is 0.326 e. The van der Waals surface area contributed by atoms with Crippen LogP contribution in [0.3, 0.4) is 0 Å². The minimum Gasteiger partial charge on any atom is -0.506 e. The minimum absolute atomic E-state index is 0.0102. The zero-order valence-electron chi connectivity index (χ0n) is 14.1. The van der Waals surface area contributed by atoms with Crippen molar-refractivity contribution in [1.82, 2.24) is 9.80 Å². The van der Waals surface area contributed by atoms with Crippen molar-refractivity contribution in [1.29, 1.82) is 0 Å². The van der Waals surface area contributed by atoms with E-state index in [9.17, 15) is 24.3 Å². The molecule has 2 amide bonds. The number of carbonyl (C=O) groups excluding carboxylic acids is 4. The van der Waals surface area contributed by atoms with Crippen LogP contribution in [0, 0.1) is 0 Å². The molecule has 0 atom stereocenters. The van der Waals surface area contributed by atoms with Crippen LogP contribution in [-0.4, -0.2) is 71.5 Å². The van der Waals surface area contributed by atoms with Crippen molar-refractivity contribution in [3.63, 3.8) is 0 Å². The third-order valence-electron chi connectivity index (χ3n) is 3.69. The molecule has 0 unspecified atom stereocenters. The van der Waals surface area contributed by atoms with Crippen LogP contribution >= 0.6 is 0 Å². The van der Waals surface area contributed by atoms with Crippen LogP contribution in [0.4, 0.5) is 0 Å². The molecule has 9 nitrogen and oxygen atoms in total. The van der Waals surface area contributed by atoms with E-state index in [0.717, 1.165) is 11.1 Å². The fourth-order valence-corrected chi connectivity index (χ4v) is 2.66. The van der Waals surface area contributed by atoms with E-state index in [1.807, 2.05) is 0 Å². The molecule has 0 aromatic carbocycles. The molecule has 2 aliphatic heterocycles. The van der Waals surface area contributed by atoms with Gasteiger partial charge in [0.15, 0.2) is 0 Å². The summed E-state index contributed by atoms with van der Waals surface area (Å²) in [5.41, 5.74) is 0.392. The zero-order valence-corrected chi connectivity index (χ0v) is 14.1. The molecule has 136 valence electrons. The van der Waals surface area contributed by atoms with E-state index < -0.39 is 17.8 Å². The summed E-state index contributed by atoms with van der Waals surface area (Å²) in [6.07, 6.45) is 1.06. The lowest BCUT2D eigenvalue weighted by molar-refractivity contribution is -0.147. The van der Waals surface area contributed by atoms with Crippen molar-refractivity contribution in [3.8, 4) is 0 Å². The first-order chi connectivity index (χ1) is 11.9. The summed E-state index contributed by atoms with van der Waals surface area (Å²) < 4.78 is 9.58. The first kappa shape index (κ1) is 18.5. The highest BCUT2D eigenvalue weighted by molar-refractivity contribution is 6.04. The standard InChI is InChI=1S/C16H20N2O7/c1-3-24-13(21)8-17-6-10(5-12(17)20)15-11(19)7-18(16(15)23)9-14(22)25-4-2/h7,19H,3-6,8-9H2,1-2H3/b15-10-. The van der Waals surface area contributed by atoms with Crippen LogP contribution in [0.1, 0.15) is 20.3 Å². The van der Waals surface area contributed by atoms with Gasteiger partial charge in [-0.15, -0.1) is 0 Å². The number of amides is 2. The Labute approximate surface area is 144 Å². The lowest BCUT2D eigenvalue weighted by Crippen LogP contribution is -2.32. The molecule has 25 heavy (non-hydrogen) atoms. The van der Waals surface area contributed by atoms with Crippen molar-refractivity contribution in [2.75, 3.05) is 32.8 Å².